The maximum absolute atomic E-state index is 11.6. The first kappa shape index (κ1) is 17.9. The van der Waals surface area contributed by atoms with Gasteiger partial charge in [0, 0.05) is 32.9 Å². The first-order valence-electron chi connectivity index (χ1n) is 7.78. The number of hydrogen-bond acceptors (Lipinski definition) is 7. The standard InChI is InChI=1S/C14H20ClN7O2S/c1-21-9-11(6-18-21)19-14-17-7-12(15)13(20-14)16-5-10-3-4-22(8-10)25(2,23)24/h6-7,9-10H,3-5,8H2,1-2H3,(H2,16,17,19,20)/t10-/m1/s1. The second kappa shape index (κ2) is 7.14. The van der Waals surface area contributed by atoms with Crippen LogP contribution in [0.15, 0.2) is 18.6 Å². The maximum Gasteiger partial charge on any atom is 0.229 e. The Morgan fingerprint density at radius 3 is 2.84 bits per heavy atom. The van der Waals surface area contributed by atoms with Gasteiger partial charge in [-0.3, -0.25) is 4.68 Å². The topological polar surface area (TPSA) is 105 Å². The van der Waals surface area contributed by atoms with Crippen LogP contribution in [0.25, 0.3) is 0 Å². The summed E-state index contributed by atoms with van der Waals surface area (Å²) in [6.45, 7) is 1.65. The average Bonchev–Trinajstić information content (AvgIpc) is 3.16. The summed E-state index contributed by atoms with van der Waals surface area (Å²) in [5.74, 6) is 1.14. The lowest BCUT2D eigenvalue weighted by Crippen LogP contribution is -2.28. The minimum atomic E-state index is -3.13. The number of sulfonamides is 1. The van der Waals surface area contributed by atoms with Crippen molar-refractivity contribution in [2.45, 2.75) is 6.42 Å². The van der Waals surface area contributed by atoms with Gasteiger partial charge in [0.05, 0.1) is 24.3 Å². The fraction of sp³-hybridized carbons (Fsp3) is 0.500. The lowest BCUT2D eigenvalue weighted by Gasteiger charge is -2.15. The highest BCUT2D eigenvalue weighted by atomic mass is 35.5. The Balaban J connectivity index is 1.61. The molecular weight excluding hydrogens is 366 g/mol. The van der Waals surface area contributed by atoms with Crippen LogP contribution in [0.4, 0.5) is 17.5 Å². The van der Waals surface area contributed by atoms with Crippen molar-refractivity contribution in [3.05, 3.63) is 23.6 Å². The molecular formula is C14H20ClN7O2S. The Hall–Kier alpha value is -1.91. The predicted molar refractivity (Wildman–Crippen MR) is 96.5 cm³/mol. The molecule has 0 radical (unpaired) electrons. The molecule has 9 nitrogen and oxygen atoms in total. The third kappa shape index (κ3) is 4.59. The molecule has 2 N–H and O–H groups in total. The number of nitrogens with zero attached hydrogens (tertiary/aromatic N) is 5. The van der Waals surface area contributed by atoms with Crippen molar-refractivity contribution >= 4 is 39.1 Å². The van der Waals surface area contributed by atoms with Crippen molar-refractivity contribution in [1.29, 1.82) is 0 Å². The molecule has 2 aromatic heterocycles. The lowest BCUT2D eigenvalue weighted by atomic mass is 10.1. The Morgan fingerprint density at radius 1 is 1.40 bits per heavy atom. The summed E-state index contributed by atoms with van der Waals surface area (Å²) < 4.78 is 26.3. The molecule has 3 heterocycles. The van der Waals surface area contributed by atoms with Crippen LogP contribution in [0, 0.1) is 5.92 Å². The minimum Gasteiger partial charge on any atom is -0.368 e. The predicted octanol–water partition coefficient (Wildman–Crippen LogP) is 1.30. The largest absolute Gasteiger partial charge is 0.368 e. The normalized spacial score (nSPS) is 18.4. The molecule has 0 amide bonds. The van der Waals surface area contributed by atoms with Crippen molar-refractivity contribution in [3.63, 3.8) is 0 Å². The maximum atomic E-state index is 11.6. The average molecular weight is 386 g/mol. The molecule has 1 aliphatic rings. The molecule has 1 saturated heterocycles. The zero-order valence-electron chi connectivity index (χ0n) is 14.0. The summed E-state index contributed by atoms with van der Waals surface area (Å²) in [7, 11) is -1.31. The number of rotatable bonds is 6. The van der Waals surface area contributed by atoms with Gasteiger partial charge in [-0.25, -0.2) is 17.7 Å². The lowest BCUT2D eigenvalue weighted by molar-refractivity contribution is 0.466. The van der Waals surface area contributed by atoms with Crippen molar-refractivity contribution < 1.29 is 8.42 Å². The highest BCUT2D eigenvalue weighted by molar-refractivity contribution is 7.88. The van der Waals surface area contributed by atoms with E-state index in [2.05, 4.69) is 25.7 Å². The smallest absolute Gasteiger partial charge is 0.229 e. The molecule has 0 aliphatic carbocycles. The van der Waals surface area contributed by atoms with E-state index >= 15 is 0 Å². The van der Waals surface area contributed by atoms with Gasteiger partial charge in [0.15, 0.2) is 5.82 Å². The third-order valence-electron chi connectivity index (χ3n) is 3.98. The monoisotopic (exact) mass is 385 g/mol. The Kier molecular flexibility index (Phi) is 5.11. The highest BCUT2D eigenvalue weighted by Gasteiger charge is 2.28. The van der Waals surface area contributed by atoms with Gasteiger partial charge in [0.1, 0.15) is 5.02 Å². The van der Waals surface area contributed by atoms with Gasteiger partial charge in [0.2, 0.25) is 16.0 Å². The van der Waals surface area contributed by atoms with E-state index in [1.54, 1.807) is 10.9 Å². The van der Waals surface area contributed by atoms with Gasteiger partial charge in [-0.2, -0.15) is 10.1 Å². The molecule has 0 aromatic carbocycles. The van der Waals surface area contributed by atoms with Crippen molar-refractivity contribution in [2.24, 2.45) is 13.0 Å². The van der Waals surface area contributed by atoms with Gasteiger partial charge in [-0.1, -0.05) is 11.6 Å². The molecule has 136 valence electrons. The molecule has 1 atom stereocenters. The Labute approximate surface area is 151 Å². The minimum absolute atomic E-state index is 0.218. The van der Waals surface area contributed by atoms with E-state index < -0.39 is 10.0 Å². The summed E-state index contributed by atoms with van der Waals surface area (Å²) >= 11 is 6.15. The van der Waals surface area contributed by atoms with E-state index in [1.165, 1.54) is 16.8 Å². The fourth-order valence-electron chi connectivity index (χ4n) is 2.67. The quantitative estimate of drug-likeness (QED) is 0.772. The van der Waals surface area contributed by atoms with Gasteiger partial charge >= 0.3 is 0 Å². The van der Waals surface area contributed by atoms with E-state index in [4.69, 9.17) is 11.6 Å². The Morgan fingerprint density at radius 2 is 2.20 bits per heavy atom. The molecule has 1 fully saturated rings. The van der Waals surface area contributed by atoms with Crippen LogP contribution in [0.2, 0.25) is 5.02 Å². The number of hydrogen-bond donors (Lipinski definition) is 2. The number of nitrogens with one attached hydrogen (secondary N) is 2. The fourth-order valence-corrected chi connectivity index (χ4v) is 3.75. The van der Waals surface area contributed by atoms with Crippen molar-refractivity contribution in [2.75, 3.05) is 36.5 Å². The zero-order valence-corrected chi connectivity index (χ0v) is 15.5. The molecule has 3 rings (SSSR count). The molecule has 0 saturated carbocycles. The van der Waals surface area contributed by atoms with Crippen molar-refractivity contribution in [3.8, 4) is 0 Å². The summed E-state index contributed by atoms with van der Waals surface area (Å²) in [5.41, 5.74) is 0.773. The molecule has 1 aliphatic heterocycles. The molecule has 25 heavy (non-hydrogen) atoms. The van der Waals surface area contributed by atoms with Gasteiger partial charge in [-0.15, -0.1) is 0 Å². The van der Waals surface area contributed by atoms with Crippen molar-refractivity contribution in [1.82, 2.24) is 24.1 Å². The molecule has 2 aromatic rings. The number of aryl methyl sites for hydroxylation is 1. The SMILES string of the molecule is Cn1cc(Nc2ncc(Cl)c(NC[C@H]3CCN(S(C)(=O)=O)C3)n2)cn1. The van der Waals surface area contributed by atoms with Gasteiger partial charge < -0.3 is 10.6 Å². The third-order valence-corrected chi connectivity index (χ3v) is 5.53. The van der Waals surface area contributed by atoms with Crippen LogP contribution in [-0.2, 0) is 17.1 Å². The van der Waals surface area contributed by atoms with Crippen LogP contribution in [0.5, 0.6) is 0 Å². The molecule has 0 spiro atoms. The summed E-state index contributed by atoms with van der Waals surface area (Å²) in [6.07, 6.45) is 7.05. The number of halogens is 1. The summed E-state index contributed by atoms with van der Waals surface area (Å²) in [5, 5.41) is 10.7. The van der Waals surface area contributed by atoms with E-state index in [0.29, 0.717) is 36.4 Å². The Bertz CT molecular complexity index is 855. The first-order chi connectivity index (χ1) is 11.8. The zero-order chi connectivity index (χ0) is 18.0. The highest BCUT2D eigenvalue weighted by Crippen LogP contribution is 2.23. The van der Waals surface area contributed by atoms with E-state index in [9.17, 15) is 8.42 Å². The second-order valence-corrected chi connectivity index (χ2v) is 8.46. The summed E-state index contributed by atoms with van der Waals surface area (Å²) in [4.78, 5) is 8.52. The molecule has 0 bridgehead atoms. The first-order valence-corrected chi connectivity index (χ1v) is 10.0. The van der Waals surface area contributed by atoms with Gasteiger partial charge in [-0.05, 0) is 12.3 Å². The van der Waals surface area contributed by atoms with E-state index in [-0.39, 0.29) is 5.92 Å². The van der Waals surface area contributed by atoms with E-state index in [1.807, 2.05) is 13.2 Å². The van der Waals surface area contributed by atoms with Crippen LogP contribution in [0.1, 0.15) is 6.42 Å². The van der Waals surface area contributed by atoms with Gasteiger partial charge in [0.25, 0.3) is 0 Å². The van der Waals surface area contributed by atoms with Crippen LogP contribution in [0.3, 0.4) is 0 Å². The molecule has 0 unspecified atom stereocenters. The number of aromatic nitrogens is 4. The number of anilines is 3. The second-order valence-electron chi connectivity index (χ2n) is 6.07. The van der Waals surface area contributed by atoms with E-state index in [0.717, 1.165) is 12.1 Å². The van der Waals surface area contributed by atoms with Crippen LogP contribution >= 0.6 is 11.6 Å². The summed E-state index contributed by atoms with van der Waals surface area (Å²) in [6, 6.07) is 0. The molecule has 11 heteroatoms. The van der Waals surface area contributed by atoms with Crippen LogP contribution in [-0.4, -0.2) is 58.4 Å². The van der Waals surface area contributed by atoms with Crippen LogP contribution < -0.4 is 10.6 Å².